The van der Waals surface area contributed by atoms with E-state index in [1.807, 2.05) is 13.0 Å². The standard InChI is InChI=1S/C15H23N3O2/c1-15(14(19)20)8-4-9-17(15)11-12-7-10-18(16-12)13-5-2-3-6-13/h7,10,13H,2-6,8-9,11H2,1H3,(H,19,20). The van der Waals surface area contributed by atoms with Gasteiger partial charge in [-0.05, 0) is 45.2 Å². The average molecular weight is 277 g/mol. The average Bonchev–Trinajstić information content (AvgIpc) is 3.12. The highest BCUT2D eigenvalue weighted by atomic mass is 16.4. The highest BCUT2D eigenvalue weighted by Gasteiger charge is 2.43. The quantitative estimate of drug-likeness (QED) is 0.918. The second kappa shape index (κ2) is 5.20. The third-order valence-corrected chi connectivity index (χ3v) is 4.97. The van der Waals surface area contributed by atoms with Gasteiger partial charge >= 0.3 is 5.97 Å². The second-order valence-corrected chi connectivity index (χ2v) is 6.33. The van der Waals surface area contributed by atoms with Crippen LogP contribution in [0.1, 0.15) is 57.2 Å². The Bertz CT molecular complexity index is 493. The van der Waals surface area contributed by atoms with E-state index in [0.29, 0.717) is 12.6 Å². The van der Waals surface area contributed by atoms with Gasteiger partial charge in [0, 0.05) is 12.7 Å². The Labute approximate surface area is 119 Å². The molecule has 2 heterocycles. The zero-order valence-corrected chi connectivity index (χ0v) is 12.1. The second-order valence-electron chi connectivity index (χ2n) is 6.33. The van der Waals surface area contributed by atoms with E-state index in [4.69, 9.17) is 0 Å². The van der Waals surface area contributed by atoms with Gasteiger partial charge in [-0.2, -0.15) is 5.10 Å². The molecule has 0 aromatic carbocycles. The van der Waals surface area contributed by atoms with Crippen molar-refractivity contribution in [1.29, 1.82) is 0 Å². The number of likely N-dealkylation sites (tertiary alicyclic amines) is 1. The van der Waals surface area contributed by atoms with Crippen LogP contribution in [-0.4, -0.2) is 37.8 Å². The van der Waals surface area contributed by atoms with Gasteiger partial charge in [0.05, 0.1) is 11.7 Å². The number of nitrogens with zero attached hydrogens (tertiary/aromatic N) is 3. The van der Waals surface area contributed by atoms with Gasteiger partial charge in [0.2, 0.25) is 0 Å². The van der Waals surface area contributed by atoms with E-state index in [-0.39, 0.29) is 0 Å². The minimum absolute atomic E-state index is 0.549. The van der Waals surface area contributed by atoms with Crippen LogP contribution in [0.5, 0.6) is 0 Å². The molecule has 0 bridgehead atoms. The predicted molar refractivity (Wildman–Crippen MR) is 75.4 cm³/mol. The van der Waals surface area contributed by atoms with E-state index in [9.17, 15) is 9.90 Å². The molecule has 2 fully saturated rings. The summed E-state index contributed by atoms with van der Waals surface area (Å²) in [5, 5.41) is 14.1. The number of aliphatic carboxylic acids is 1. The van der Waals surface area contributed by atoms with Crippen LogP contribution in [0, 0.1) is 0 Å². The van der Waals surface area contributed by atoms with Crippen LogP contribution in [0.4, 0.5) is 0 Å². The Hall–Kier alpha value is -1.36. The summed E-state index contributed by atoms with van der Waals surface area (Å²) in [5.41, 5.74) is 0.267. The lowest BCUT2D eigenvalue weighted by Gasteiger charge is -2.30. The monoisotopic (exact) mass is 277 g/mol. The summed E-state index contributed by atoms with van der Waals surface area (Å²) in [7, 11) is 0. The van der Waals surface area contributed by atoms with Gasteiger partial charge in [0.25, 0.3) is 0 Å². The van der Waals surface area contributed by atoms with Crippen molar-refractivity contribution in [2.45, 2.75) is 63.6 Å². The number of carbonyl (C=O) groups is 1. The molecule has 1 aliphatic heterocycles. The molecular formula is C15H23N3O2. The molecule has 5 heteroatoms. The third-order valence-electron chi connectivity index (χ3n) is 4.97. The number of rotatable bonds is 4. The van der Waals surface area contributed by atoms with E-state index < -0.39 is 11.5 Å². The predicted octanol–water partition coefficient (Wildman–Crippen LogP) is 2.44. The molecule has 1 atom stereocenters. The van der Waals surface area contributed by atoms with Gasteiger partial charge in [-0.15, -0.1) is 0 Å². The van der Waals surface area contributed by atoms with Crippen molar-refractivity contribution in [3.63, 3.8) is 0 Å². The summed E-state index contributed by atoms with van der Waals surface area (Å²) in [6.07, 6.45) is 8.76. The zero-order chi connectivity index (χ0) is 14.2. The Morgan fingerprint density at radius 3 is 2.90 bits per heavy atom. The number of hydrogen-bond donors (Lipinski definition) is 1. The summed E-state index contributed by atoms with van der Waals surface area (Å²) >= 11 is 0. The van der Waals surface area contributed by atoms with E-state index >= 15 is 0 Å². The van der Waals surface area contributed by atoms with Crippen LogP contribution < -0.4 is 0 Å². The van der Waals surface area contributed by atoms with Crippen molar-refractivity contribution < 1.29 is 9.90 Å². The van der Waals surface area contributed by atoms with Crippen LogP contribution in [0.15, 0.2) is 12.3 Å². The summed E-state index contributed by atoms with van der Waals surface area (Å²) in [6, 6.07) is 2.59. The van der Waals surface area contributed by atoms with Crippen molar-refractivity contribution in [3.8, 4) is 0 Å². The highest BCUT2D eigenvalue weighted by molar-refractivity contribution is 5.78. The first kappa shape index (κ1) is 13.6. The topological polar surface area (TPSA) is 58.4 Å². The van der Waals surface area contributed by atoms with E-state index in [1.165, 1.54) is 25.7 Å². The molecule has 0 radical (unpaired) electrons. The summed E-state index contributed by atoms with van der Waals surface area (Å²) in [4.78, 5) is 13.5. The lowest BCUT2D eigenvalue weighted by Crippen LogP contribution is -2.47. The molecule has 1 saturated carbocycles. The first-order chi connectivity index (χ1) is 9.59. The molecule has 110 valence electrons. The van der Waals surface area contributed by atoms with Crippen molar-refractivity contribution in [2.24, 2.45) is 0 Å². The smallest absolute Gasteiger partial charge is 0.323 e. The van der Waals surface area contributed by atoms with E-state index in [2.05, 4.69) is 20.9 Å². The van der Waals surface area contributed by atoms with E-state index in [1.54, 1.807) is 0 Å². The SMILES string of the molecule is CC1(C(=O)O)CCCN1Cc1ccn(C2CCCC2)n1. The maximum Gasteiger partial charge on any atom is 0.323 e. The number of carboxylic acid groups (broad SMARTS) is 1. The molecular weight excluding hydrogens is 254 g/mol. The molecule has 20 heavy (non-hydrogen) atoms. The van der Waals surface area contributed by atoms with Crippen molar-refractivity contribution in [1.82, 2.24) is 14.7 Å². The molecule has 1 unspecified atom stereocenters. The molecule has 2 aliphatic rings. The van der Waals surface area contributed by atoms with Gasteiger partial charge in [-0.1, -0.05) is 12.8 Å². The molecule has 1 saturated heterocycles. The van der Waals surface area contributed by atoms with Crippen molar-refractivity contribution in [3.05, 3.63) is 18.0 Å². The Balaban J connectivity index is 1.70. The Morgan fingerprint density at radius 1 is 1.45 bits per heavy atom. The lowest BCUT2D eigenvalue weighted by molar-refractivity contribution is -0.148. The summed E-state index contributed by atoms with van der Waals surface area (Å²) < 4.78 is 2.08. The number of carboxylic acids is 1. The largest absolute Gasteiger partial charge is 0.480 e. The molecule has 1 aliphatic carbocycles. The molecule has 1 N–H and O–H groups in total. The lowest BCUT2D eigenvalue weighted by atomic mass is 9.99. The van der Waals surface area contributed by atoms with Gasteiger partial charge in [0.15, 0.2) is 0 Å². The third kappa shape index (κ3) is 2.35. The fourth-order valence-corrected chi connectivity index (χ4v) is 3.54. The first-order valence-electron chi connectivity index (χ1n) is 7.62. The Kier molecular flexibility index (Phi) is 3.54. The van der Waals surface area contributed by atoms with Gasteiger partial charge < -0.3 is 5.11 Å². The fourth-order valence-electron chi connectivity index (χ4n) is 3.54. The van der Waals surface area contributed by atoms with Crippen molar-refractivity contribution >= 4 is 5.97 Å². The minimum atomic E-state index is -0.725. The number of hydrogen-bond acceptors (Lipinski definition) is 3. The molecule has 0 amide bonds. The molecule has 5 nitrogen and oxygen atoms in total. The van der Waals surface area contributed by atoms with Crippen molar-refractivity contribution in [2.75, 3.05) is 6.54 Å². The molecule has 1 aromatic heterocycles. The minimum Gasteiger partial charge on any atom is -0.480 e. The normalized spacial score (nSPS) is 28.2. The van der Waals surface area contributed by atoms with Gasteiger partial charge in [0.1, 0.15) is 5.54 Å². The number of aromatic nitrogens is 2. The molecule has 3 rings (SSSR count). The van der Waals surface area contributed by atoms with Gasteiger partial charge in [-0.25, -0.2) is 0 Å². The summed E-state index contributed by atoms with van der Waals surface area (Å²) in [6.45, 7) is 3.32. The van der Waals surface area contributed by atoms with Crippen LogP contribution in [0.3, 0.4) is 0 Å². The van der Waals surface area contributed by atoms with Crippen LogP contribution in [0.25, 0.3) is 0 Å². The van der Waals surface area contributed by atoms with Crippen LogP contribution in [0.2, 0.25) is 0 Å². The maximum absolute atomic E-state index is 11.5. The van der Waals surface area contributed by atoms with Crippen LogP contribution in [-0.2, 0) is 11.3 Å². The molecule has 1 aromatic rings. The van der Waals surface area contributed by atoms with Gasteiger partial charge in [-0.3, -0.25) is 14.4 Å². The van der Waals surface area contributed by atoms with Crippen LogP contribution >= 0.6 is 0 Å². The summed E-state index contributed by atoms with van der Waals surface area (Å²) in [5.74, 6) is -0.717. The maximum atomic E-state index is 11.5. The first-order valence-corrected chi connectivity index (χ1v) is 7.62. The zero-order valence-electron chi connectivity index (χ0n) is 12.1. The molecule has 0 spiro atoms. The van der Waals surface area contributed by atoms with E-state index in [0.717, 1.165) is 25.1 Å². The highest BCUT2D eigenvalue weighted by Crippen LogP contribution is 2.31. The fraction of sp³-hybridized carbons (Fsp3) is 0.733. The Morgan fingerprint density at radius 2 is 2.20 bits per heavy atom.